The molecule has 90 valence electrons. The predicted octanol–water partition coefficient (Wildman–Crippen LogP) is 1.41. The van der Waals surface area contributed by atoms with E-state index in [0.29, 0.717) is 19.8 Å². The number of rotatable bonds is 7. The first-order chi connectivity index (χ1) is 7.22. The molecular formula is C12H25NO2. The average molecular weight is 215 g/mol. The van der Waals surface area contributed by atoms with Crippen molar-refractivity contribution in [1.29, 1.82) is 0 Å². The first-order valence-corrected chi connectivity index (χ1v) is 6.18. The second-order valence-corrected chi connectivity index (χ2v) is 4.76. The molecule has 1 saturated carbocycles. The van der Waals surface area contributed by atoms with Crippen molar-refractivity contribution < 1.29 is 9.84 Å². The minimum absolute atomic E-state index is 0.358. The van der Waals surface area contributed by atoms with E-state index in [4.69, 9.17) is 4.74 Å². The van der Waals surface area contributed by atoms with Crippen molar-refractivity contribution in [2.24, 2.45) is 11.8 Å². The van der Waals surface area contributed by atoms with E-state index in [1.807, 2.05) is 6.92 Å². The zero-order valence-electron chi connectivity index (χ0n) is 10.0. The fraction of sp³-hybridized carbons (Fsp3) is 1.00. The summed E-state index contributed by atoms with van der Waals surface area (Å²) in [5.74, 6) is 1.71. The van der Waals surface area contributed by atoms with Gasteiger partial charge in [0.05, 0.1) is 12.7 Å². The van der Waals surface area contributed by atoms with E-state index in [0.717, 1.165) is 18.4 Å². The van der Waals surface area contributed by atoms with Gasteiger partial charge < -0.3 is 15.2 Å². The van der Waals surface area contributed by atoms with Gasteiger partial charge in [0.25, 0.3) is 0 Å². The highest BCUT2D eigenvalue weighted by Gasteiger charge is 2.20. The molecule has 0 aromatic carbocycles. The summed E-state index contributed by atoms with van der Waals surface area (Å²) in [5.41, 5.74) is 0. The summed E-state index contributed by atoms with van der Waals surface area (Å²) >= 11 is 0. The van der Waals surface area contributed by atoms with Gasteiger partial charge in [0.1, 0.15) is 0 Å². The van der Waals surface area contributed by atoms with Crippen LogP contribution in [0.1, 0.15) is 33.1 Å². The number of nitrogens with one attached hydrogen (secondary N) is 1. The fourth-order valence-electron chi connectivity index (χ4n) is 2.28. The lowest BCUT2D eigenvalue weighted by atomic mass is 10.1. The maximum Gasteiger partial charge on any atom is 0.0897 e. The van der Waals surface area contributed by atoms with Crippen molar-refractivity contribution in [2.75, 3.05) is 26.3 Å². The van der Waals surface area contributed by atoms with Crippen LogP contribution < -0.4 is 5.32 Å². The molecule has 0 aliphatic heterocycles. The lowest BCUT2D eigenvalue weighted by molar-refractivity contribution is 0.0424. The van der Waals surface area contributed by atoms with Crippen LogP contribution >= 0.6 is 0 Å². The number of hydrogen-bond acceptors (Lipinski definition) is 3. The van der Waals surface area contributed by atoms with Crippen LogP contribution in [0.4, 0.5) is 0 Å². The highest BCUT2D eigenvalue weighted by Crippen LogP contribution is 2.29. The van der Waals surface area contributed by atoms with Crippen LogP contribution in [0, 0.1) is 11.8 Å². The standard InChI is InChI=1S/C12H25NO2/c1-3-15-9-12(14)8-13-7-11-5-4-10(2)6-11/h10-14H,3-9H2,1-2H3. The minimum Gasteiger partial charge on any atom is -0.389 e. The third kappa shape index (κ3) is 5.50. The normalized spacial score (nSPS) is 28.2. The summed E-state index contributed by atoms with van der Waals surface area (Å²) < 4.78 is 5.14. The van der Waals surface area contributed by atoms with E-state index in [2.05, 4.69) is 12.2 Å². The molecule has 0 heterocycles. The number of ether oxygens (including phenoxy) is 1. The summed E-state index contributed by atoms with van der Waals surface area (Å²) in [6.45, 7) is 7.10. The van der Waals surface area contributed by atoms with Crippen LogP contribution in [0.2, 0.25) is 0 Å². The lowest BCUT2D eigenvalue weighted by Gasteiger charge is -2.14. The maximum atomic E-state index is 9.52. The summed E-state index contributed by atoms with van der Waals surface area (Å²) in [7, 11) is 0. The Morgan fingerprint density at radius 2 is 2.27 bits per heavy atom. The van der Waals surface area contributed by atoms with Crippen molar-refractivity contribution in [1.82, 2.24) is 5.32 Å². The second kappa shape index (κ2) is 7.20. The van der Waals surface area contributed by atoms with Crippen molar-refractivity contribution in [3.8, 4) is 0 Å². The third-order valence-electron chi connectivity index (χ3n) is 3.13. The van der Waals surface area contributed by atoms with Gasteiger partial charge in [-0.05, 0) is 38.1 Å². The quantitative estimate of drug-likeness (QED) is 0.674. The molecule has 3 nitrogen and oxygen atoms in total. The molecule has 1 rings (SSSR count). The van der Waals surface area contributed by atoms with Crippen LogP contribution in [0.5, 0.6) is 0 Å². The first kappa shape index (κ1) is 12.9. The Morgan fingerprint density at radius 1 is 1.47 bits per heavy atom. The van der Waals surface area contributed by atoms with Crippen molar-refractivity contribution >= 4 is 0 Å². The van der Waals surface area contributed by atoms with E-state index < -0.39 is 0 Å². The third-order valence-corrected chi connectivity index (χ3v) is 3.13. The zero-order valence-corrected chi connectivity index (χ0v) is 10.0. The van der Waals surface area contributed by atoms with Gasteiger partial charge in [-0.25, -0.2) is 0 Å². The van der Waals surface area contributed by atoms with Gasteiger partial charge in [-0.3, -0.25) is 0 Å². The predicted molar refractivity (Wildman–Crippen MR) is 61.9 cm³/mol. The molecule has 0 radical (unpaired) electrons. The molecule has 1 aliphatic rings. The Kier molecular flexibility index (Phi) is 6.22. The van der Waals surface area contributed by atoms with E-state index in [1.165, 1.54) is 19.3 Å². The zero-order chi connectivity index (χ0) is 11.1. The van der Waals surface area contributed by atoms with E-state index in [-0.39, 0.29) is 6.10 Å². The summed E-state index contributed by atoms with van der Waals surface area (Å²) in [6, 6.07) is 0. The monoisotopic (exact) mass is 215 g/mol. The highest BCUT2D eigenvalue weighted by molar-refractivity contribution is 4.74. The number of aliphatic hydroxyl groups excluding tert-OH is 1. The molecule has 1 aliphatic carbocycles. The molecule has 0 amide bonds. The molecule has 0 aromatic rings. The molecule has 15 heavy (non-hydrogen) atoms. The lowest BCUT2D eigenvalue weighted by Crippen LogP contribution is -2.33. The number of aliphatic hydroxyl groups is 1. The van der Waals surface area contributed by atoms with Crippen LogP contribution in [0.25, 0.3) is 0 Å². The van der Waals surface area contributed by atoms with Gasteiger partial charge in [-0.1, -0.05) is 13.3 Å². The SMILES string of the molecule is CCOCC(O)CNCC1CCC(C)C1. The Morgan fingerprint density at radius 3 is 2.87 bits per heavy atom. The molecule has 3 heteroatoms. The molecule has 1 fully saturated rings. The minimum atomic E-state index is -0.358. The average Bonchev–Trinajstić information content (AvgIpc) is 2.61. The van der Waals surface area contributed by atoms with Gasteiger partial charge in [0.15, 0.2) is 0 Å². The van der Waals surface area contributed by atoms with Crippen LogP contribution in [-0.2, 0) is 4.74 Å². The van der Waals surface area contributed by atoms with Gasteiger partial charge >= 0.3 is 0 Å². The Bertz CT molecular complexity index is 164. The Labute approximate surface area is 93.2 Å². The highest BCUT2D eigenvalue weighted by atomic mass is 16.5. The first-order valence-electron chi connectivity index (χ1n) is 6.18. The molecule has 0 bridgehead atoms. The Balaban J connectivity index is 1.96. The fourth-order valence-corrected chi connectivity index (χ4v) is 2.28. The maximum absolute atomic E-state index is 9.52. The Hall–Kier alpha value is -0.120. The smallest absolute Gasteiger partial charge is 0.0897 e. The van der Waals surface area contributed by atoms with Crippen LogP contribution in [0.15, 0.2) is 0 Å². The van der Waals surface area contributed by atoms with Crippen molar-refractivity contribution in [3.05, 3.63) is 0 Å². The second-order valence-electron chi connectivity index (χ2n) is 4.76. The topological polar surface area (TPSA) is 41.5 Å². The molecule has 0 spiro atoms. The molecule has 3 atom stereocenters. The van der Waals surface area contributed by atoms with Gasteiger partial charge in [0, 0.05) is 13.2 Å². The van der Waals surface area contributed by atoms with E-state index in [1.54, 1.807) is 0 Å². The summed E-state index contributed by atoms with van der Waals surface area (Å²) in [4.78, 5) is 0. The van der Waals surface area contributed by atoms with Crippen LogP contribution in [0.3, 0.4) is 0 Å². The van der Waals surface area contributed by atoms with Crippen molar-refractivity contribution in [2.45, 2.75) is 39.2 Å². The molecular weight excluding hydrogens is 190 g/mol. The van der Waals surface area contributed by atoms with Gasteiger partial charge in [-0.15, -0.1) is 0 Å². The van der Waals surface area contributed by atoms with E-state index >= 15 is 0 Å². The largest absolute Gasteiger partial charge is 0.389 e. The van der Waals surface area contributed by atoms with E-state index in [9.17, 15) is 5.11 Å². The summed E-state index contributed by atoms with van der Waals surface area (Å²) in [6.07, 6.45) is 3.70. The molecule has 3 unspecified atom stereocenters. The molecule has 0 aromatic heterocycles. The summed E-state index contributed by atoms with van der Waals surface area (Å²) in [5, 5.41) is 12.8. The van der Waals surface area contributed by atoms with Crippen molar-refractivity contribution in [3.63, 3.8) is 0 Å². The number of hydrogen-bond donors (Lipinski definition) is 2. The van der Waals surface area contributed by atoms with Gasteiger partial charge in [-0.2, -0.15) is 0 Å². The van der Waals surface area contributed by atoms with Crippen LogP contribution in [-0.4, -0.2) is 37.5 Å². The van der Waals surface area contributed by atoms with Gasteiger partial charge in [0.2, 0.25) is 0 Å². The molecule has 0 saturated heterocycles. The molecule has 2 N–H and O–H groups in total.